The predicted octanol–water partition coefficient (Wildman–Crippen LogP) is 1.99. The fraction of sp³-hybridized carbons (Fsp3) is 0.381. The lowest BCUT2D eigenvalue weighted by Crippen LogP contribution is -2.39. The topological polar surface area (TPSA) is 91.1 Å². The van der Waals surface area contributed by atoms with E-state index in [0.29, 0.717) is 13.0 Å². The van der Waals surface area contributed by atoms with Crippen LogP contribution in [-0.2, 0) is 0 Å². The number of benzene rings is 1. The zero-order chi connectivity index (χ0) is 20.2. The molecule has 1 fully saturated rings. The largest absolute Gasteiger partial charge is 0.391 e. The van der Waals surface area contributed by atoms with E-state index in [1.54, 1.807) is 18.9 Å². The minimum Gasteiger partial charge on any atom is -0.391 e. The zero-order valence-corrected chi connectivity index (χ0v) is 16.7. The highest BCUT2D eigenvalue weighted by atomic mass is 16.3. The number of rotatable bonds is 7. The summed E-state index contributed by atoms with van der Waals surface area (Å²) in [4.78, 5) is 14.9. The Hall–Kier alpha value is -2.97. The minimum absolute atomic E-state index is 0.170. The van der Waals surface area contributed by atoms with E-state index >= 15 is 0 Å². The molecule has 152 valence electrons. The summed E-state index contributed by atoms with van der Waals surface area (Å²) in [6, 6.07) is 10.7. The molecular weight excluding hydrogens is 366 g/mol. The molecule has 2 aromatic heterocycles. The number of β-amino-alcohol motifs (C(OH)–C–C–N with tert-alkyl or cyclic N) is 1. The fourth-order valence-corrected chi connectivity index (χ4v) is 3.80. The minimum atomic E-state index is -0.352. The number of nitrogens with zero attached hydrogens (tertiary/aromatic N) is 5. The molecule has 3 atom stereocenters. The van der Waals surface area contributed by atoms with E-state index in [0.717, 1.165) is 23.9 Å². The van der Waals surface area contributed by atoms with Crippen LogP contribution in [0.1, 0.15) is 24.9 Å². The summed E-state index contributed by atoms with van der Waals surface area (Å²) in [5.41, 5.74) is 2.30. The average molecular weight is 393 g/mol. The van der Waals surface area contributed by atoms with Crippen molar-refractivity contribution < 1.29 is 5.11 Å². The number of aliphatic hydroxyl groups excluding tert-OH is 1. The van der Waals surface area contributed by atoms with Gasteiger partial charge in [-0.05, 0) is 31.0 Å². The Kier molecular flexibility index (Phi) is 5.73. The van der Waals surface area contributed by atoms with Gasteiger partial charge >= 0.3 is 0 Å². The third kappa shape index (κ3) is 4.38. The van der Waals surface area contributed by atoms with Gasteiger partial charge in [-0.3, -0.25) is 0 Å². The van der Waals surface area contributed by atoms with Crippen LogP contribution in [0.2, 0.25) is 0 Å². The first-order valence-electron chi connectivity index (χ1n) is 9.90. The number of hydrogen-bond acceptors (Lipinski definition) is 7. The van der Waals surface area contributed by atoms with Gasteiger partial charge in [0, 0.05) is 56.4 Å². The average Bonchev–Trinajstić information content (AvgIpc) is 3.42. The van der Waals surface area contributed by atoms with Crippen LogP contribution < -0.4 is 15.5 Å². The molecule has 1 aliphatic rings. The van der Waals surface area contributed by atoms with E-state index in [2.05, 4.69) is 61.7 Å². The van der Waals surface area contributed by atoms with Crippen LogP contribution in [0, 0.1) is 0 Å². The lowest BCUT2D eigenvalue weighted by Gasteiger charge is -2.27. The lowest BCUT2D eigenvalue weighted by molar-refractivity contribution is 0.193. The second-order valence-electron chi connectivity index (χ2n) is 7.40. The molecule has 1 unspecified atom stereocenters. The maximum Gasteiger partial charge on any atom is 0.134 e. The van der Waals surface area contributed by atoms with Crippen molar-refractivity contribution in [3.05, 3.63) is 60.9 Å². The van der Waals surface area contributed by atoms with Crippen LogP contribution >= 0.6 is 0 Å². The van der Waals surface area contributed by atoms with Gasteiger partial charge in [0.25, 0.3) is 0 Å². The third-order valence-corrected chi connectivity index (χ3v) is 5.43. The van der Waals surface area contributed by atoms with Crippen LogP contribution in [0.25, 0.3) is 5.69 Å². The Bertz CT molecular complexity index is 930. The van der Waals surface area contributed by atoms with E-state index in [1.165, 1.54) is 5.56 Å². The number of nitrogens with one attached hydrogen (secondary N) is 2. The van der Waals surface area contributed by atoms with Gasteiger partial charge in [0.05, 0.1) is 12.4 Å². The van der Waals surface area contributed by atoms with Crippen LogP contribution in [0.5, 0.6) is 0 Å². The molecule has 0 saturated carbocycles. The summed E-state index contributed by atoms with van der Waals surface area (Å²) >= 11 is 0. The highest BCUT2D eigenvalue weighted by Gasteiger charge is 2.32. The predicted molar refractivity (Wildman–Crippen MR) is 113 cm³/mol. The van der Waals surface area contributed by atoms with Gasteiger partial charge in [-0.2, -0.15) is 0 Å². The van der Waals surface area contributed by atoms with Crippen molar-refractivity contribution >= 4 is 11.6 Å². The van der Waals surface area contributed by atoms with Crippen LogP contribution in [0.15, 0.2) is 55.4 Å². The number of aliphatic hydroxyl groups is 1. The van der Waals surface area contributed by atoms with Gasteiger partial charge in [0.1, 0.15) is 18.0 Å². The molecule has 3 aromatic rings. The van der Waals surface area contributed by atoms with Crippen molar-refractivity contribution in [2.75, 3.05) is 30.4 Å². The second-order valence-corrected chi connectivity index (χ2v) is 7.40. The maximum atomic E-state index is 10.2. The fourth-order valence-electron chi connectivity index (χ4n) is 3.80. The van der Waals surface area contributed by atoms with Gasteiger partial charge in [0.15, 0.2) is 0 Å². The Morgan fingerprint density at radius 1 is 1.28 bits per heavy atom. The first kappa shape index (κ1) is 19.4. The Morgan fingerprint density at radius 2 is 2.17 bits per heavy atom. The highest BCUT2D eigenvalue weighted by Crippen LogP contribution is 2.26. The molecule has 4 rings (SSSR count). The molecular formula is C21H27N7O. The van der Waals surface area contributed by atoms with Crippen molar-refractivity contribution in [2.24, 2.45) is 0 Å². The lowest BCUT2D eigenvalue weighted by atomic mass is 10.1. The van der Waals surface area contributed by atoms with Crippen LogP contribution in [-0.4, -0.2) is 56.9 Å². The van der Waals surface area contributed by atoms with Crippen molar-refractivity contribution in [1.29, 1.82) is 0 Å². The first-order valence-corrected chi connectivity index (χ1v) is 9.90. The molecule has 0 aliphatic carbocycles. The summed E-state index contributed by atoms with van der Waals surface area (Å²) < 4.78 is 2.00. The molecule has 8 nitrogen and oxygen atoms in total. The molecule has 1 aliphatic heterocycles. The molecule has 0 bridgehead atoms. The first-order chi connectivity index (χ1) is 14.1. The maximum absolute atomic E-state index is 10.2. The van der Waals surface area contributed by atoms with Gasteiger partial charge in [0.2, 0.25) is 0 Å². The SMILES string of the molecule is CNc1cc(N2C[C@H](O)C[C@@H]2CNC(C)c2cccc(-n3ccnc3)c2)ncn1. The molecule has 0 radical (unpaired) electrons. The van der Waals surface area contributed by atoms with Crippen LogP contribution in [0.4, 0.5) is 11.6 Å². The Balaban J connectivity index is 1.44. The third-order valence-electron chi connectivity index (χ3n) is 5.43. The number of imidazole rings is 1. The van der Waals surface area contributed by atoms with E-state index in [4.69, 9.17) is 0 Å². The van der Waals surface area contributed by atoms with Crippen LogP contribution in [0.3, 0.4) is 0 Å². The number of hydrogen-bond donors (Lipinski definition) is 3. The number of anilines is 2. The van der Waals surface area contributed by atoms with Crippen molar-refractivity contribution in [3.8, 4) is 5.69 Å². The second kappa shape index (κ2) is 8.59. The summed E-state index contributed by atoms with van der Waals surface area (Å²) in [6.07, 6.45) is 7.44. The van der Waals surface area contributed by atoms with Gasteiger partial charge in [-0.1, -0.05) is 12.1 Å². The molecule has 29 heavy (non-hydrogen) atoms. The molecule has 0 spiro atoms. The summed E-state index contributed by atoms with van der Waals surface area (Å²) in [6.45, 7) is 3.50. The quantitative estimate of drug-likeness (QED) is 0.565. The van der Waals surface area contributed by atoms with E-state index in [1.807, 2.05) is 23.9 Å². The van der Waals surface area contributed by atoms with Gasteiger partial charge < -0.3 is 25.2 Å². The molecule has 1 saturated heterocycles. The molecule has 3 heterocycles. The van der Waals surface area contributed by atoms with Crippen molar-refractivity contribution in [3.63, 3.8) is 0 Å². The molecule has 8 heteroatoms. The molecule has 3 N–H and O–H groups in total. The molecule has 0 amide bonds. The number of aromatic nitrogens is 4. The monoisotopic (exact) mass is 393 g/mol. The summed E-state index contributed by atoms with van der Waals surface area (Å²) in [7, 11) is 1.84. The molecule has 1 aromatic carbocycles. The zero-order valence-electron chi connectivity index (χ0n) is 16.7. The van der Waals surface area contributed by atoms with Crippen molar-refractivity contribution in [1.82, 2.24) is 24.8 Å². The van der Waals surface area contributed by atoms with Crippen molar-refractivity contribution in [2.45, 2.75) is 31.5 Å². The van der Waals surface area contributed by atoms with Gasteiger partial charge in [-0.25, -0.2) is 15.0 Å². The Morgan fingerprint density at radius 3 is 2.97 bits per heavy atom. The highest BCUT2D eigenvalue weighted by molar-refractivity contribution is 5.50. The van der Waals surface area contributed by atoms with E-state index in [-0.39, 0.29) is 18.2 Å². The summed E-state index contributed by atoms with van der Waals surface area (Å²) in [5, 5.41) is 16.9. The normalized spacial score (nSPS) is 20.0. The Labute approximate surface area is 170 Å². The van der Waals surface area contributed by atoms with E-state index < -0.39 is 0 Å². The summed E-state index contributed by atoms with van der Waals surface area (Å²) in [5.74, 6) is 1.61. The van der Waals surface area contributed by atoms with Gasteiger partial charge in [-0.15, -0.1) is 0 Å². The smallest absolute Gasteiger partial charge is 0.134 e. The standard InChI is InChI=1S/C21H27N7O/c1-15(16-4-3-5-17(8-16)27-7-6-23-14-27)24-11-18-9-19(29)12-28(18)21-10-20(22-2)25-13-26-21/h3-8,10,13-15,18-19,24,29H,9,11-12H2,1-2H3,(H,22,25,26)/t15?,18-,19-/m1/s1. The van der Waals surface area contributed by atoms with E-state index in [9.17, 15) is 5.11 Å².